The number of phenols is 1. The summed E-state index contributed by atoms with van der Waals surface area (Å²) in [6, 6.07) is 7.30. The topological polar surface area (TPSA) is 96.8 Å². The minimum Gasteiger partial charge on any atom is -0.502 e. The summed E-state index contributed by atoms with van der Waals surface area (Å²) in [5, 5.41) is 20.7. The van der Waals surface area contributed by atoms with Crippen LogP contribution < -0.4 is 0 Å². The summed E-state index contributed by atoms with van der Waals surface area (Å²) in [5.74, 6) is -0.518. The third-order valence-corrected chi connectivity index (χ3v) is 3.04. The number of carbonyl (C=O) groups is 1. The highest BCUT2D eigenvalue weighted by Gasteiger charge is 2.24. The van der Waals surface area contributed by atoms with Gasteiger partial charge in [-0.1, -0.05) is 6.07 Å². The molecule has 7 nitrogen and oxygen atoms in total. The van der Waals surface area contributed by atoms with Gasteiger partial charge in [-0.2, -0.15) is 0 Å². The molecule has 7 heteroatoms. The van der Waals surface area contributed by atoms with Crippen LogP contribution in [0.3, 0.4) is 0 Å². The van der Waals surface area contributed by atoms with Crippen molar-refractivity contribution in [3.05, 3.63) is 58.0 Å². The largest absolute Gasteiger partial charge is 0.502 e. The maximum Gasteiger partial charge on any atom is 0.311 e. The Morgan fingerprint density at radius 3 is 2.71 bits per heavy atom. The van der Waals surface area contributed by atoms with E-state index in [0.29, 0.717) is 12.3 Å². The third-order valence-electron chi connectivity index (χ3n) is 3.04. The molecule has 1 N–H and O–H groups in total. The van der Waals surface area contributed by atoms with Crippen molar-refractivity contribution < 1.29 is 19.2 Å². The summed E-state index contributed by atoms with van der Waals surface area (Å²) in [4.78, 5) is 23.9. The number of nitro groups is 1. The van der Waals surface area contributed by atoms with Crippen molar-refractivity contribution in [1.29, 1.82) is 0 Å². The van der Waals surface area contributed by atoms with Crippen molar-refractivity contribution in [3.63, 3.8) is 0 Å². The Balaban J connectivity index is 2.29. The van der Waals surface area contributed by atoms with E-state index in [-0.39, 0.29) is 12.1 Å². The lowest BCUT2D eigenvalue weighted by molar-refractivity contribution is -0.385. The molecule has 0 aliphatic heterocycles. The summed E-state index contributed by atoms with van der Waals surface area (Å²) < 4.78 is 5.18. The Morgan fingerprint density at radius 1 is 1.38 bits per heavy atom. The van der Waals surface area contributed by atoms with E-state index in [2.05, 4.69) is 0 Å². The smallest absolute Gasteiger partial charge is 0.311 e. The Labute approximate surface area is 120 Å². The Bertz CT molecular complexity index is 651. The molecule has 0 bridgehead atoms. The second-order valence-electron chi connectivity index (χ2n) is 4.33. The first-order valence-corrected chi connectivity index (χ1v) is 6.32. The molecular formula is C14H14N2O5. The molecule has 0 aliphatic carbocycles. The highest BCUT2D eigenvalue weighted by Crippen LogP contribution is 2.30. The van der Waals surface area contributed by atoms with Gasteiger partial charge in [-0.3, -0.25) is 14.9 Å². The van der Waals surface area contributed by atoms with Crippen LogP contribution in [-0.2, 0) is 6.54 Å². The van der Waals surface area contributed by atoms with E-state index < -0.39 is 22.3 Å². The van der Waals surface area contributed by atoms with Crippen molar-refractivity contribution >= 4 is 11.6 Å². The standard InChI is InChI=1S/C14H14N2O5/c1-2-15(9-10-5-4-8-21-10)14(18)11-6-3-7-12(13(11)17)16(19)20/h3-8,17H,2,9H2,1H3. The first-order valence-electron chi connectivity index (χ1n) is 6.32. The van der Waals surface area contributed by atoms with Crippen LogP contribution in [0.1, 0.15) is 23.0 Å². The van der Waals surface area contributed by atoms with Gasteiger partial charge in [-0.25, -0.2) is 0 Å². The van der Waals surface area contributed by atoms with Gasteiger partial charge in [0.05, 0.1) is 23.3 Å². The minimum atomic E-state index is -0.727. The lowest BCUT2D eigenvalue weighted by Crippen LogP contribution is -2.30. The van der Waals surface area contributed by atoms with Gasteiger partial charge in [0.25, 0.3) is 5.91 Å². The van der Waals surface area contributed by atoms with E-state index in [1.54, 1.807) is 19.1 Å². The van der Waals surface area contributed by atoms with Crippen LogP contribution in [0.25, 0.3) is 0 Å². The molecule has 2 aromatic rings. The fraction of sp³-hybridized carbons (Fsp3) is 0.214. The number of aromatic hydroxyl groups is 1. The zero-order valence-corrected chi connectivity index (χ0v) is 11.4. The van der Waals surface area contributed by atoms with Crippen LogP contribution in [0, 0.1) is 10.1 Å². The fourth-order valence-electron chi connectivity index (χ4n) is 1.94. The molecule has 1 amide bonds. The quantitative estimate of drug-likeness (QED) is 0.674. The monoisotopic (exact) mass is 290 g/mol. The molecule has 0 fully saturated rings. The summed E-state index contributed by atoms with van der Waals surface area (Å²) in [7, 11) is 0. The summed E-state index contributed by atoms with van der Waals surface area (Å²) in [6.07, 6.45) is 1.50. The molecule has 21 heavy (non-hydrogen) atoms. The van der Waals surface area contributed by atoms with Gasteiger partial charge in [-0.05, 0) is 25.1 Å². The second kappa shape index (κ2) is 6.08. The summed E-state index contributed by atoms with van der Waals surface area (Å²) in [6.45, 7) is 2.38. The maximum absolute atomic E-state index is 12.4. The first kappa shape index (κ1) is 14.6. The Kier molecular flexibility index (Phi) is 4.22. The molecule has 0 saturated carbocycles. The molecule has 2 rings (SSSR count). The third kappa shape index (κ3) is 3.02. The minimum absolute atomic E-state index is 0.0994. The fourth-order valence-corrected chi connectivity index (χ4v) is 1.94. The number of hydrogen-bond acceptors (Lipinski definition) is 5. The number of benzene rings is 1. The molecular weight excluding hydrogens is 276 g/mol. The summed E-state index contributed by atoms with van der Waals surface area (Å²) in [5.41, 5.74) is -0.590. The first-order chi connectivity index (χ1) is 10.0. The lowest BCUT2D eigenvalue weighted by Gasteiger charge is -2.20. The van der Waals surface area contributed by atoms with Gasteiger partial charge < -0.3 is 14.4 Å². The Hall–Kier alpha value is -2.83. The van der Waals surface area contributed by atoms with Crippen LogP contribution in [0.5, 0.6) is 5.75 Å². The van der Waals surface area contributed by atoms with Crippen LogP contribution in [0.15, 0.2) is 41.0 Å². The van der Waals surface area contributed by atoms with Gasteiger partial charge in [0, 0.05) is 12.6 Å². The number of amides is 1. The van der Waals surface area contributed by atoms with E-state index in [0.717, 1.165) is 6.07 Å². The van der Waals surface area contributed by atoms with Crippen LogP contribution in [0.4, 0.5) is 5.69 Å². The van der Waals surface area contributed by atoms with Crippen molar-refractivity contribution in [1.82, 2.24) is 4.90 Å². The number of carbonyl (C=O) groups excluding carboxylic acids is 1. The summed E-state index contributed by atoms with van der Waals surface area (Å²) >= 11 is 0. The second-order valence-corrected chi connectivity index (χ2v) is 4.33. The van der Waals surface area contributed by atoms with Crippen LogP contribution in [0.2, 0.25) is 0 Å². The number of phenolic OH excluding ortho intramolecular Hbond substituents is 1. The highest BCUT2D eigenvalue weighted by atomic mass is 16.6. The number of rotatable bonds is 5. The van der Waals surface area contributed by atoms with Crippen molar-refractivity contribution in [3.8, 4) is 5.75 Å². The van der Waals surface area contributed by atoms with Gasteiger partial charge in [0.2, 0.25) is 5.75 Å². The molecule has 0 atom stereocenters. The van der Waals surface area contributed by atoms with Crippen LogP contribution >= 0.6 is 0 Å². The molecule has 0 radical (unpaired) electrons. The van der Waals surface area contributed by atoms with Crippen molar-refractivity contribution in [2.45, 2.75) is 13.5 Å². The van der Waals surface area contributed by atoms with E-state index in [9.17, 15) is 20.0 Å². The van der Waals surface area contributed by atoms with E-state index in [4.69, 9.17) is 4.42 Å². The zero-order chi connectivity index (χ0) is 15.4. The van der Waals surface area contributed by atoms with Gasteiger partial charge in [0.15, 0.2) is 0 Å². The molecule has 110 valence electrons. The highest BCUT2D eigenvalue weighted by molar-refractivity contribution is 5.98. The van der Waals surface area contributed by atoms with Crippen molar-refractivity contribution in [2.24, 2.45) is 0 Å². The van der Waals surface area contributed by atoms with E-state index in [1.165, 1.54) is 23.3 Å². The SMILES string of the molecule is CCN(Cc1ccco1)C(=O)c1cccc([N+](=O)[O-])c1O. The molecule has 1 aromatic heterocycles. The number of hydrogen-bond donors (Lipinski definition) is 1. The molecule has 1 aromatic carbocycles. The number of furan rings is 1. The maximum atomic E-state index is 12.4. The Morgan fingerprint density at radius 2 is 2.14 bits per heavy atom. The molecule has 0 saturated heterocycles. The average Bonchev–Trinajstić information content (AvgIpc) is 2.97. The van der Waals surface area contributed by atoms with Gasteiger partial charge >= 0.3 is 5.69 Å². The predicted molar refractivity (Wildman–Crippen MR) is 73.9 cm³/mol. The normalized spacial score (nSPS) is 10.3. The number of nitrogens with zero attached hydrogens (tertiary/aromatic N) is 2. The molecule has 1 heterocycles. The van der Waals surface area contributed by atoms with Gasteiger partial charge in [-0.15, -0.1) is 0 Å². The van der Waals surface area contributed by atoms with Crippen molar-refractivity contribution in [2.75, 3.05) is 6.54 Å². The predicted octanol–water partition coefficient (Wildman–Crippen LogP) is 2.56. The molecule has 0 spiro atoms. The zero-order valence-electron chi connectivity index (χ0n) is 11.4. The number of para-hydroxylation sites is 1. The van der Waals surface area contributed by atoms with E-state index in [1.807, 2.05) is 0 Å². The van der Waals surface area contributed by atoms with Gasteiger partial charge in [0.1, 0.15) is 5.76 Å². The lowest BCUT2D eigenvalue weighted by atomic mass is 10.1. The molecule has 0 unspecified atom stereocenters. The van der Waals surface area contributed by atoms with Crippen LogP contribution in [-0.4, -0.2) is 27.4 Å². The number of nitro benzene ring substituents is 1. The van der Waals surface area contributed by atoms with E-state index >= 15 is 0 Å². The molecule has 0 aliphatic rings. The average molecular weight is 290 g/mol.